The number of anilines is 1. The highest BCUT2D eigenvalue weighted by Crippen LogP contribution is 2.28. The number of thiazole rings is 1. The molecule has 4 rings (SSSR count). The smallest absolute Gasteiger partial charge is 0.410 e. The molecule has 1 fully saturated rings. The first-order chi connectivity index (χ1) is 13.5. The van der Waals surface area contributed by atoms with Gasteiger partial charge in [0.1, 0.15) is 11.8 Å². The van der Waals surface area contributed by atoms with Gasteiger partial charge >= 0.3 is 6.09 Å². The molecule has 0 saturated carbocycles. The second-order valence-electron chi connectivity index (χ2n) is 6.72. The maximum atomic E-state index is 12.8. The van der Waals surface area contributed by atoms with E-state index >= 15 is 0 Å². The number of aromatic nitrogens is 1. The lowest BCUT2D eigenvalue weighted by Gasteiger charge is -2.22. The number of nitrogens with zero attached hydrogens (tertiary/aromatic N) is 2. The molecule has 2 atom stereocenters. The van der Waals surface area contributed by atoms with Crippen LogP contribution in [0.1, 0.15) is 12.0 Å². The van der Waals surface area contributed by atoms with Gasteiger partial charge in [0, 0.05) is 6.42 Å². The summed E-state index contributed by atoms with van der Waals surface area (Å²) in [6.45, 7) is 2.04. The molecule has 0 bridgehead atoms. The summed E-state index contributed by atoms with van der Waals surface area (Å²) in [7, 11) is 0. The van der Waals surface area contributed by atoms with Crippen LogP contribution in [-0.2, 0) is 4.79 Å². The van der Waals surface area contributed by atoms with Crippen LogP contribution in [0.25, 0.3) is 10.2 Å². The van der Waals surface area contributed by atoms with E-state index in [1.807, 2.05) is 31.2 Å². The molecule has 144 valence electrons. The fraction of sp³-hybridized carbons (Fsp3) is 0.250. The Balaban J connectivity index is 1.48. The zero-order valence-corrected chi connectivity index (χ0v) is 16.0. The zero-order valence-electron chi connectivity index (χ0n) is 15.2. The minimum atomic E-state index is -0.819. The molecule has 1 aromatic heterocycles. The van der Waals surface area contributed by atoms with E-state index in [0.717, 1.165) is 15.8 Å². The SMILES string of the molecule is Cc1ccc2nc(NC(=O)[C@H]3C[C@@H](O)CN3C(=O)Oc3ccccc3)sc2c1. The minimum Gasteiger partial charge on any atom is -0.410 e. The second-order valence-corrected chi connectivity index (χ2v) is 7.75. The molecule has 2 heterocycles. The Morgan fingerprint density at radius 1 is 1.25 bits per heavy atom. The number of hydrogen-bond acceptors (Lipinski definition) is 6. The summed E-state index contributed by atoms with van der Waals surface area (Å²) < 4.78 is 6.30. The van der Waals surface area contributed by atoms with Crippen molar-refractivity contribution in [3.8, 4) is 5.75 Å². The average Bonchev–Trinajstić information content (AvgIpc) is 3.25. The van der Waals surface area contributed by atoms with E-state index in [0.29, 0.717) is 10.9 Å². The van der Waals surface area contributed by atoms with Crippen LogP contribution < -0.4 is 10.1 Å². The lowest BCUT2D eigenvalue weighted by atomic mass is 10.2. The van der Waals surface area contributed by atoms with Crippen molar-refractivity contribution in [1.29, 1.82) is 0 Å². The predicted octanol–water partition coefficient (Wildman–Crippen LogP) is 3.18. The van der Waals surface area contributed by atoms with E-state index in [1.54, 1.807) is 24.3 Å². The molecule has 0 unspecified atom stereocenters. The number of ether oxygens (including phenoxy) is 1. The molecule has 2 N–H and O–H groups in total. The van der Waals surface area contributed by atoms with Crippen molar-refractivity contribution in [2.75, 3.05) is 11.9 Å². The van der Waals surface area contributed by atoms with Crippen LogP contribution in [0.2, 0.25) is 0 Å². The summed E-state index contributed by atoms with van der Waals surface area (Å²) in [4.78, 5) is 30.9. The van der Waals surface area contributed by atoms with Crippen LogP contribution in [0.15, 0.2) is 48.5 Å². The number of carbonyl (C=O) groups excluding carboxylic acids is 2. The van der Waals surface area contributed by atoms with E-state index in [4.69, 9.17) is 4.74 Å². The van der Waals surface area contributed by atoms with Crippen LogP contribution in [0.3, 0.4) is 0 Å². The molecule has 2 amide bonds. The Labute approximate surface area is 165 Å². The number of hydrogen-bond donors (Lipinski definition) is 2. The monoisotopic (exact) mass is 397 g/mol. The summed E-state index contributed by atoms with van der Waals surface area (Å²) in [5.41, 5.74) is 1.92. The van der Waals surface area contributed by atoms with Gasteiger partial charge in [-0.15, -0.1) is 0 Å². The number of para-hydroxylation sites is 1. The number of aryl methyl sites for hydroxylation is 1. The van der Waals surface area contributed by atoms with Crippen LogP contribution in [-0.4, -0.2) is 45.7 Å². The Kier molecular flexibility index (Phi) is 4.97. The third kappa shape index (κ3) is 3.83. The van der Waals surface area contributed by atoms with E-state index in [-0.39, 0.29) is 13.0 Å². The zero-order chi connectivity index (χ0) is 19.7. The normalized spacial score (nSPS) is 19.0. The largest absolute Gasteiger partial charge is 0.416 e. The van der Waals surface area contributed by atoms with E-state index in [1.165, 1.54) is 16.2 Å². The van der Waals surface area contributed by atoms with E-state index in [2.05, 4.69) is 10.3 Å². The summed E-state index contributed by atoms with van der Waals surface area (Å²) >= 11 is 1.37. The number of benzene rings is 2. The Hall–Kier alpha value is -2.97. The molecular weight excluding hydrogens is 378 g/mol. The van der Waals surface area contributed by atoms with Crippen molar-refractivity contribution in [1.82, 2.24) is 9.88 Å². The van der Waals surface area contributed by atoms with Gasteiger partial charge < -0.3 is 15.2 Å². The topological polar surface area (TPSA) is 91.8 Å². The maximum Gasteiger partial charge on any atom is 0.416 e. The number of carbonyl (C=O) groups is 2. The number of rotatable bonds is 3. The third-order valence-electron chi connectivity index (χ3n) is 4.54. The van der Waals surface area contributed by atoms with Gasteiger partial charge in [-0.1, -0.05) is 35.6 Å². The van der Waals surface area contributed by atoms with Crippen molar-refractivity contribution in [3.63, 3.8) is 0 Å². The predicted molar refractivity (Wildman–Crippen MR) is 107 cm³/mol. The fourth-order valence-corrected chi connectivity index (χ4v) is 4.15. The maximum absolute atomic E-state index is 12.8. The number of β-amino-alcohol motifs (C(OH)–C–C–N with tert-alkyl or cyclic N) is 1. The van der Waals surface area contributed by atoms with Gasteiger partial charge in [0.2, 0.25) is 5.91 Å². The molecular formula is C20H19N3O4S. The standard InChI is InChI=1S/C20H19N3O4S/c1-12-7-8-15-17(9-12)28-19(21-15)22-18(25)16-10-13(24)11-23(16)20(26)27-14-5-3-2-4-6-14/h2-9,13,16,24H,10-11H2,1H3,(H,21,22,25)/t13-,16-/m1/s1. The number of likely N-dealkylation sites (tertiary alicyclic amines) is 1. The number of nitrogens with one attached hydrogen (secondary N) is 1. The first kappa shape index (κ1) is 18.4. The fourth-order valence-electron chi connectivity index (χ4n) is 3.19. The van der Waals surface area contributed by atoms with Gasteiger partial charge in [-0.25, -0.2) is 9.78 Å². The highest BCUT2D eigenvalue weighted by molar-refractivity contribution is 7.22. The van der Waals surface area contributed by atoms with Gasteiger partial charge in [0.25, 0.3) is 0 Å². The van der Waals surface area contributed by atoms with Gasteiger partial charge in [0.15, 0.2) is 5.13 Å². The molecule has 0 radical (unpaired) electrons. The van der Waals surface area contributed by atoms with Crippen LogP contribution in [0, 0.1) is 6.92 Å². The van der Waals surface area contributed by atoms with Gasteiger partial charge in [0.05, 0.1) is 22.9 Å². The molecule has 1 aliphatic rings. The van der Waals surface area contributed by atoms with Crippen molar-refractivity contribution < 1.29 is 19.4 Å². The third-order valence-corrected chi connectivity index (χ3v) is 5.47. The van der Waals surface area contributed by atoms with E-state index in [9.17, 15) is 14.7 Å². The summed E-state index contributed by atoms with van der Waals surface area (Å²) in [6, 6.07) is 13.7. The van der Waals surface area contributed by atoms with Crippen molar-refractivity contribution >= 4 is 38.7 Å². The molecule has 3 aromatic rings. The first-order valence-corrected chi connectivity index (χ1v) is 9.71. The van der Waals surface area contributed by atoms with Gasteiger partial charge in [-0.2, -0.15) is 0 Å². The number of amides is 2. The van der Waals surface area contributed by atoms with Gasteiger partial charge in [-0.05, 0) is 36.8 Å². The Morgan fingerprint density at radius 3 is 2.82 bits per heavy atom. The lowest BCUT2D eigenvalue weighted by molar-refractivity contribution is -0.119. The van der Waals surface area contributed by atoms with Crippen LogP contribution in [0.4, 0.5) is 9.93 Å². The minimum absolute atomic E-state index is 0.0444. The molecule has 2 aromatic carbocycles. The Bertz CT molecular complexity index is 1020. The molecule has 7 nitrogen and oxygen atoms in total. The first-order valence-electron chi connectivity index (χ1n) is 8.89. The number of fused-ring (bicyclic) bond motifs is 1. The molecule has 0 aliphatic carbocycles. The lowest BCUT2D eigenvalue weighted by Crippen LogP contribution is -2.44. The highest BCUT2D eigenvalue weighted by atomic mass is 32.1. The number of aliphatic hydroxyl groups is 1. The van der Waals surface area contributed by atoms with Crippen molar-refractivity contribution in [2.24, 2.45) is 0 Å². The summed E-state index contributed by atoms with van der Waals surface area (Å²) in [6.07, 6.45) is -1.29. The van der Waals surface area contributed by atoms with Crippen molar-refractivity contribution in [3.05, 3.63) is 54.1 Å². The molecule has 0 spiro atoms. The second kappa shape index (κ2) is 7.57. The van der Waals surface area contributed by atoms with E-state index < -0.39 is 24.1 Å². The summed E-state index contributed by atoms with van der Waals surface area (Å²) in [5.74, 6) is -0.00747. The van der Waals surface area contributed by atoms with Gasteiger partial charge in [-0.3, -0.25) is 9.69 Å². The molecule has 28 heavy (non-hydrogen) atoms. The Morgan fingerprint density at radius 2 is 2.04 bits per heavy atom. The molecule has 8 heteroatoms. The summed E-state index contributed by atoms with van der Waals surface area (Å²) in [5, 5.41) is 13.2. The average molecular weight is 397 g/mol. The van der Waals surface area contributed by atoms with Crippen LogP contribution in [0.5, 0.6) is 5.75 Å². The number of aliphatic hydroxyl groups excluding tert-OH is 1. The highest BCUT2D eigenvalue weighted by Gasteiger charge is 2.40. The van der Waals surface area contributed by atoms with Crippen molar-refractivity contribution in [2.45, 2.75) is 25.5 Å². The van der Waals surface area contributed by atoms with Crippen LogP contribution >= 0.6 is 11.3 Å². The molecule has 1 aliphatic heterocycles. The quantitative estimate of drug-likeness (QED) is 0.708. The molecule has 1 saturated heterocycles.